The number of nitrogens with zero attached hydrogens (tertiary/aromatic N) is 3. The van der Waals surface area contributed by atoms with E-state index >= 15 is 0 Å². The molecule has 1 rings (SSSR count). The fourth-order valence-corrected chi connectivity index (χ4v) is 2.44. The fourth-order valence-electron chi connectivity index (χ4n) is 2.44. The van der Waals surface area contributed by atoms with Gasteiger partial charge in [-0.25, -0.2) is 0 Å². The third-order valence-electron chi connectivity index (χ3n) is 3.65. The Labute approximate surface area is 121 Å². The van der Waals surface area contributed by atoms with E-state index in [-0.39, 0.29) is 11.9 Å². The van der Waals surface area contributed by atoms with Crippen molar-refractivity contribution in [2.24, 2.45) is 7.05 Å². The van der Waals surface area contributed by atoms with Gasteiger partial charge in [0.15, 0.2) is 0 Å². The average molecular weight is 281 g/mol. The van der Waals surface area contributed by atoms with Gasteiger partial charge >= 0.3 is 0 Å². The van der Waals surface area contributed by atoms with Crippen molar-refractivity contribution in [3.63, 3.8) is 0 Å². The molecule has 0 aliphatic heterocycles. The maximum Gasteiger partial charge on any atom is 0.223 e. The molecule has 0 saturated carbocycles. The average Bonchev–Trinajstić information content (AvgIpc) is 2.57. The van der Waals surface area contributed by atoms with Crippen LogP contribution in [0.25, 0.3) is 0 Å². The van der Waals surface area contributed by atoms with Crippen molar-refractivity contribution in [1.29, 1.82) is 0 Å². The van der Waals surface area contributed by atoms with E-state index in [2.05, 4.69) is 5.10 Å². The maximum atomic E-state index is 12.3. The van der Waals surface area contributed by atoms with E-state index in [1.54, 1.807) is 11.8 Å². The third kappa shape index (κ3) is 4.07. The standard InChI is InChI=1S/C15H27N3O2/c1-10(2)18(9-11(3)19)15(20)8-7-14-12(4)16-17(6)13(14)5/h10-11,19H,7-9H2,1-6H3. The van der Waals surface area contributed by atoms with Crippen LogP contribution in [0.2, 0.25) is 0 Å². The van der Waals surface area contributed by atoms with Crippen LogP contribution in [-0.2, 0) is 18.3 Å². The number of carbonyl (C=O) groups is 1. The number of carbonyl (C=O) groups excluding carboxylic acids is 1. The zero-order valence-corrected chi connectivity index (χ0v) is 13.5. The summed E-state index contributed by atoms with van der Waals surface area (Å²) in [5, 5.41) is 13.9. The number of aryl methyl sites for hydroxylation is 2. The highest BCUT2D eigenvalue weighted by molar-refractivity contribution is 5.76. The van der Waals surface area contributed by atoms with Crippen LogP contribution in [0, 0.1) is 13.8 Å². The smallest absolute Gasteiger partial charge is 0.223 e. The molecule has 1 amide bonds. The Hall–Kier alpha value is -1.36. The summed E-state index contributed by atoms with van der Waals surface area (Å²) in [5.41, 5.74) is 3.26. The van der Waals surface area contributed by atoms with Crippen LogP contribution in [0.1, 0.15) is 44.1 Å². The lowest BCUT2D eigenvalue weighted by Gasteiger charge is -2.28. The molecular weight excluding hydrogens is 254 g/mol. The Kier molecular flexibility index (Phi) is 5.74. The zero-order chi connectivity index (χ0) is 15.4. The van der Waals surface area contributed by atoms with Crippen LogP contribution in [0.15, 0.2) is 0 Å². The Bertz CT molecular complexity index is 464. The van der Waals surface area contributed by atoms with Crippen molar-refractivity contribution in [2.75, 3.05) is 6.54 Å². The van der Waals surface area contributed by atoms with Gasteiger partial charge in [-0.1, -0.05) is 0 Å². The lowest BCUT2D eigenvalue weighted by atomic mass is 10.1. The summed E-state index contributed by atoms with van der Waals surface area (Å²) in [4.78, 5) is 14.1. The van der Waals surface area contributed by atoms with Crippen molar-refractivity contribution in [3.8, 4) is 0 Å². The summed E-state index contributed by atoms with van der Waals surface area (Å²) in [5.74, 6) is 0.0866. The molecule has 1 unspecified atom stereocenters. The molecule has 5 nitrogen and oxygen atoms in total. The molecule has 0 radical (unpaired) electrons. The second kappa shape index (κ2) is 6.88. The van der Waals surface area contributed by atoms with Crippen molar-refractivity contribution >= 4 is 5.91 Å². The molecule has 0 spiro atoms. The highest BCUT2D eigenvalue weighted by atomic mass is 16.3. The Balaban J connectivity index is 2.70. The number of aliphatic hydroxyl groups is 1. The van der Waals surface area contributed by atoms with Gasteiger partial charge in [-0.2, -0.15) is 5.10 Å². The summed E-state index contributed by atoms with van der Waals surface area (Å²) in [6.45, 7) is 10.0. The topological polar surface area (TPSA) is 58.4 Å². The number of hydrogen-bond donors (Lipinski definition) is 1. The Morgan fingerprint density at radius 2 is 1.95 bits per heavy atom. The highest BCUT2D eigenvalue weighted by Gasteiger charge is 2.19. The molecule has 0 bridgehead atoms. The molecule has 0 aliphatic carbocycles. The summed E-state index contributed by atoms with van der Waals surface area (Å²) in [6, 6.07) is 0.105. The van der Waals surface area contributed by atoms with Gasteiger partial charge in [-0.3, -0.25) is 9.48 Å². The SMILES string of the molecule is Cc1nn(C)c(C)c1CCC(=O)N(CC(C)O)C(C)C. The van der Waals surface area contributed by atoms with E-state index in [1.807, 2.05) is 39.4 Å². The van der Waals surface area contributed by atoms with E-state index in [1.165, 1.54) is 0 Å². The molecule has 114 valence electrons. The molecule has 1 aromatic rings. The largest absolute Gasteiger partial charge is 0.392 e. The summed E-state index contributed by atoms with van der Waals surface area (Å²) >= 11 is 0. The van der Waals surface area contributed by atoms with E-state index in [9.17, 15) is 9.90 Å². The minimum atomic E-state index is -0.497. The lowest BCUT2D eigenvalue weighted by molar-refractivity contribution is -0.134. The quantitative estimate of drug-likeness (QED) is 0.861. The van der Waals surface area contributed by atoms with Gasteiger partial charge in [-0.05, 0) is 46.6 Å². The number of aromatic nitrogens is 2. The molecule has 1 N–H and O–H groups in total. The minimum absolute atomic E-state index is 0.0866. The van der Waals surface area contributed by atoms with Gasteiger partial charge in [0, 0.05) is 31.7 Å². The van der Waals surface area contributed by atoms with E-state index in [4.69, 9.17) is 0 Å². The van der Waals surface area contributed by atoms with Gasteiger partial charge in [-0.15, -0.1) is 0 Å². The maximum absolute atomic E-state index is 12.3. The molecule has 20 heavy (non-hydrogen) atoms. The summed E-state index contributed by atoms with van der Waals surface area (Å²) in [7, 11) is 1.92. The molecule has 1 heterocycles. The Morgan fingerprint density at radius 1 is 1.35 bits per heavy atom. The van der Waals surface area contributed by atoms with Gasteiger partial charge in [0.25, 0.3) is 0 Å². The molecule has 0 saturated heterocycles. The lowest BCUT2D eigenvalue weighted by Crippen LogP contribution is -2.41. The van der Waals surface area contributed by atoms with Crippen molar-refractivity contribution in [1.82, 2.24) is 14.7 Å². The Morgan fingerprint density at radius 3 is 2.35 bits per heavy atom. The number of hydrogen-bond acceptors (Lipinski definition) is 3. The van der Waals surface area contributed by atoms with Crippen LogP contribution in [0.4, 0.5) is 0 Å². The monoisotopic (exact) mass is 281 g/mol. The first-order chi connectivity index (χ1) is 9.23. The highest BCUT2D eigenvalue weighted by Crippen LogP contribution is 2.15. The van der Waals surface area contributed by atoms with Gasteiger partial charge in [0.05, 0.1) is 11.8 Å². The second-order valence-electron chi connectivity index (χ2n) is 5.76. The molecule has 0 aliphatic rings. The van der Waals surface area contributed by atoms with Crippen LogP contribution >= 0.6 is 0 Å². The van der Waals surface area contributed by atoms with E-state index in [0.717, 1.165) is 17.0 Å². The summed E-state index contributed by atoms with van der Waals surface area (Å²) < 4.78 is 1.85. The molecule has 0 aromatic carbocycles. The predicted molar refractivity (Wildman–Crippen MR) is 79.5 cm³/mol. The second-order valence-corrected chi connectivity index (χ2v) is 5.76. The first-order valence-electron chi connectivity index (χ1n) is 7.20. The van der Waals surface area contributed by atoms with E-state index < -0.39 is 6.10 Å². The molecule has 1 atom stereocenters. The molecule has 1 aromatic heterocycles. The number of rotatable bonds is 6. The minimum Gasteiger partial charge on any atom is -0.392 e. The molecule has 0 fully saturated rings. The first kappa shape index (κ1) is 16.7. The van der Waals surface area contributed by atoms with E-state index in [0.29, 0.717) is 19.4 Å². The first-order valence-corrected chi connectivity index (χ1v) is 7.20. The normalized spacial score (nSPS) is 12.8. The third-order valence-corrected chi connectivity index (χ3v) is 3.65. The van der Waals surface area contributed by atoms with Crippen molar-refractivity contribution < 1.29 is 9.90 Å². The van der Waals surface area contributed by atoms with Gasteiger partial charge < -0.3 is 10.0 Å². The summed E-state index contributed by atoms with van der Waals surface area (Å²) in [6.07, 6.45) is 0.661. The molecule has 5 heteroatoms. The predicted octanol–water partition coefficient (Wildman–Crippen LogP) is 1.59. The zero-order valence-electron chi connectivity index (χ0n) is 13.5. The molecular formula is C15H27N3O2. The van der Waals surface area contributed by atoms with Gasteiger partial charge in [0.2, 0.25) is 5.91 Å². The van der Waals surface area contributed by atoms with Crippen LogP contribution in [0.3, 0.4) is 0 Å². The van der Waals surface area contributed by atoms with Crippen LogP contribution in [0.5, 0.6) is 0 Å². The number of amides is 1. The fraction of sp³-hybridized carbons (Fsp3) is 0.733. The van der Waals surface area contributed by atoms with Crippen LogP contribution < -0.4 is 0 Å². The van der Waals surface area contributed by atoms with Crippen LogP contribution in [-0.4, -0.2) is 44.4 Å². The number of aliphatic hydroxyl groups excluding tert-OH is 1. The van der Waals surface area contributed by atoms with Crippen molar-refractivity contribution in [2.45, 2.75) is 59.6 Å². The van der Waals surface area contributed by atoms with Crippen molar-refractivity contribution in [3.05, 3.63) is 17.0 Å². The van der Waals surface area contributed by atoms with Gasteiger partial charge in [0.1, 0.15) is 0 Å².